The average Bonchev–Trinajstić information content (AvgIpc) is 2.60. The van der Waals surface area contributed by atoms with E-state index in [2.05, 4.69) is 4.98 Å². The summed E-state index contributed by atoms with van der Waals surface area (Å²) in [4.78, 5) is 16.0. The number of ketones is 1. The lowest BCUT2D eigenvalue weighted by Gasteiger charge is -2.07. The molecule has 1 unspecified atom stereocenters. The number of nitrogens with two attached hydrogens (primary N) is 1. The van der Waals surface area contributed by atoms with Gasteiger partial charge in [-0.15, -0.1) is 11.3 Å². The van der Waals surface area contributed by atoms with E-state index < -0.39 is 0 Å². The monoisotopic (exact) mass is 226 g/mol. The Morgan fingerprint density at radius 1 is 1.67 bits per heavy atom. The molecule has 1 atom stereocenters. The Bertz CT molecular complexity index is 322. The van der Waals surface area contributed by atoms with Crippen LogP contribution < -0.4 is 5.73 Å². The number of thiazole rings is 1. The third kappa shape index (κ3) is 4.10. The summed E-state index contributed by atoms with van der Waals surface area (Å²) in [7, 11) is 0. The van der Waals surface area contributed by atoms with Gasteiger partial charge >= 0.3 is 0 Å². The van der Waals surface area contributed by atoms with Crippen molar-refractivity contribution in [2.45, 2.75) is 33.1 Å². The molecule has 4 heteroatoms. The smallest absolute Gasteiger partial charge is 0.141 e. The van der Waals surface area contributed by atoms with Gasteiger partial charge in [0.25, 0.3) is 0 Å². The van der Waals surface area contributed by atoms with Gasteiger partial charge in [0, 0.05) is 17.7 Å². The lowest BCUT2D eigenvalue weighted by Crippen LogP contribution is -2.15. The fourth-order valence-electron chi connectivity index (χ4n) is 1.43. The molecule has 1 rings (SSSR count). The van der Waals surface area contributed by atoms with E-state index >= 15 is 0 Å². The zero-order valence-electron chi connectivity index (χ0n) is 9.32. The van der Waals surface area contributed by atoms with Gasteiger partial charge in [-0.2, -0.15) is 0 Å². The molecule has 0 saturated heterocycles. The highest BCUT2D eigenvalue weighted by atomic mass is 32.1. The summed E-state index contributed by atoms with van der Waals surface area (Å²) in [6.45, 7) is 4.58. The van der Waals surface area contributed by atoms with Crippen LogP contribution in [0.4, 0.5) is 0 Å². The number of hydrogen-bond donors (Lipinski definition) is 1. The summed E-state index contributed by atoms with van der Waals surface area (Å²) in [6, 6.07) is 0. The lowest BCUT2D eigenvalue weighted by molar-refractivity contribution is -0.121. The van der Waals surface area contributed by atoms with Crippen molar-refractivity contribution >= 4 is 17.1 Å². The first-order valence-electron chi connectivity index (χ1n) is 5.27. The zero-order chi connectivity index (χ0) is 11.3. The molecular formula is C11H18N2OS. The standard InChI is InChI=1S/C11H18N2OS/c1-8(4-3-5-12)11(14)6-10-7-15-9(2)13-10/h7-8H,3-6,12H2,1-2H3. The predicted octanol–water partition coefficient (Wildman–Crippen LogP) is 1.94. The SMILES string of the molecule is Cc1nc(CC(=O)C(C)CCCN)cs1. The van der Waals surface area contributed by atoms with Gasteiger partial charge in [-0.3, -0.25) is 4.79 Å². The van der Waals surface area contributed by atoms with Gasteiger partial charge in [-0.1, -0.05) is 6.92 Å². The Morgan fingerprint density at radius 3 is 2.93 bits per heavy atom. The zero-order valence-corrected chi connectivity index (χ0v) is 10.1. The minimum Gasteiger partial charge on any atom is -0.330 e. The van der Waals surface area contributed by atoms with Gasteiger partial charge in [0.1, 0.15) is 5.78 Å². The number of aromatic nitrogens is 1. The molecule has 0 aromatic carbocycles. The van der Waals surface area contributed by atoms with Crippen molar-refractivity contribution < 1.29 is 4.79 Å². The molecule has 0 saturated carbocycles. The first-order chi connectivity index (χ1) is 7.13. The van der Waals surface area contributed by atoms with Crippen LogP contribution in [0.1, 0.15) is 30.5 Å². The van der Waals surface area contributed by atoms with Crippen molar-refractivity contribution in [2.24, 2.45) is 11.7 Å². The van der Waals surface area contributed by atoms with Gasteiger partial charge < -0.3 is 5.73 Å². The molecule has 3 nitrogen and oxygen atoms in total. The summed E-state index contributed by atoms with van der Waals surface area (Å²) < 4.78 is 0. The Morgan fingerprint density at radius 2 is 2.40 bits per heavy atom. The third-order valence-corrected chi connectivity index (χ3v) is 3.24. The molecule has 0 aliphatic carbocycles. The summed E-state index contributed by atoms with van der Waals surface area (Å²) >= 11 is 1.59. The maximum Gasteiger partial charge on any atom is 0.141 e. The Hall–Kier alpha value is -0.740. The van der Waals surface area contributed by atoms with Crippen LogP contribution in [0.2, 0.25) is 0 Å². The van der Waals surface area contributed by atoms with Crippen molar-refractivity contribution in [3.05, 3.63) is 16.1 Å². The Balaban J connectivity index is 2.41. The van der Waals surface area contributed by atoms with Crippen molar-refractivity contribution in [1.82, 2.24) is 4.98 Å². The van der Waals surface area contributed by atoms with E-state index in [0.29, 0.717) is 13.0 Å². The predicted molar refractivity (Wildman–Crippen MR) is 63.0 cm³/mol. The fraction of sp³-hybridized carbons (Fsp3) is 0.636. The second-order valence-electron chi connectivity index (χ2n) is 3.83. The molecule has 0 fully saturated rings. The maximum atomic E-state index is 11.8. The minimum atomic E-state index is 0.107. The van der Waals surface area contributed by atoms with Crippen molar-refractivity contribution in [3.63, 3.8) is 0 Å². The fourth-order valence-corrected chi connectivity index (χ4v) is 2.04. The molecule has 1 aromatic heterocycles. The summed E-state index contributed by atoms with van der Waals surface area (Å²) in [5.41, 5.74) is 6.32. The van der Waals surface area contributed by atoms with E-state index in [4.69, 9.17) is 5.73 Å². The van der Waals surface area contributed by atoms with Crippen LogP contribution >= 0.6 is 11.3 Å². The normalized spacial score (nSPS) is 12.7. The molecule has 0 aliphatic rings. The highest BCUT2D eigenvalue weighted by Gasteiger charge is 2.14. The van der Waals surface area contributed by atoms with Crippen molar-refractivity contribution in [1.29, 1.82) is 0 Å². The highest BCUT2D eigenvalue weighted by Crippen LogP contribution is 2.13. The van der Waals surface area contributed by atoms with E-state index in [1.54, 1.807) is 11.3 Å². The number of hydrogen-bond acceptors (Lipinski definition) is 4. The molecular weight excluding hydrogens is 208 g/mol. The number of aryl methyl sites for hydroxylation is 1. The molecule has 0 aliphatic heterocycles. The van der Waals surface area contributed by atoms with Gasteiger partial charge in [0.15, 0.2) is 0 Å². The van der Waals surface area contributed by atoms with Crippen LogP contribution in [0.3, 0.4) is 0 Å². The Labute approximate surface area is 94.7 Å². The number of carbonyl (C=O) groups is 1. The molecule has 0 radical (unpaired) electrons. The first kappa shape index (κ1) is 12.3. The quantitative estimate of drug-likeness (QED) is 0.806. The molecule has 0 bridgehead atoms. The molecule has 84 valence electrons. The van der Waals surface area contributed by atoms with Crippen molar-refractivity contribution in [2.75, 3.05) is 6.54 Å². The second-order valence-corrected chi connectivity index (χ2v) is 4.90. The third-order valence-electron chi connectivity index (χ3n) is 2.41. The van der Waals surface area contributed by atoms with Gasteiger partial charge in [-0.25, -0.2) is 4.98 Å². The van der Waals surface area contributed by atoms with Gasteiger partial charge in [0.2, 0.25) is 0 Å². The summed E-state index contributed by atoms with van der Waals surface area (Å²) in [5, 5.41) is 2.98. The Kier molecular flexibility index (Phi) is 4.91. The van der Waals surface area contributed by atoms with Crippen LogP contribution in [-0.2, 0) is 11.2 Å². The molecule has 2 N–H and O–H groups in total. The maximum absolute atomic E-state index is 11.8. The van der Waals surface area contributed by atoms with Crippen LogP contribution in [0.15, 0.2) is 5.38 Å². The van der Waals surface area contributed by atoms with Crippen LogP contribution in [-0.4, -0.2) is 17.3 Å². The summed E-state index contributed by atoms with van der Waals surface area (Å²) in [6.07, 6.45) is 2.28. The molecule has 0 spiro atoms. The van der Waals surface area contributed by atoms with E-state index in [-0.39, 0.29) is 11.7 Å². The molecule has 1 aromatic rings. The largest absolute Gasteiger partial charge is 0.330 e. The first-order valence-corrected chi connectivity index (χ1v) is 6.15. The molecule has 0 amide bonds. The van der Waals surface area contributed by atoms with E-state index in [1.807, 2.05) is 19.2 Å². The number of nitrogens with zero attached hydrogens (tertiary/aromatic N) is 1. The van der Waals surface area contributed by atoms with Crippen LogP contribution in [0, 0.1) is 12.8 Å². The molecule has 15 heavy (non-hydrogen) atoms. The minimum absolute atomic E-state index is 0.107. The summed E-state index contributed by atoms with van der Waals surface area (Å²) in [5.74, 6) is 0.379. The van der Waals surface area contributed by atoms with E-state index in [0.717, 1.165) is 23.5 Å². The van der Waals surface area contributed by atoms with Crippen molar-refractivity contribution in [3.8, 4) is 0 Å². The number of carbonyl (C=O) groups excluding carboxylic acids is 1. The van der Waals surface area contributed by atoms with E-state index in [9.17, 15) is 4.79 Å². The van der Waals surface area contributed by atoms with Gasteiger partial charge in [-0.05, 0) is 26.3 Å². The van der Waals surface area contributed by atoms with E-state index in [1.165, 1.54) is 0 Å². The number of Topliss-reactive ketones (excluding diaryl/α,β-unsaturated/α-hetero) is 1. The number of rotatable bonds is 6. The second kappa shape index (κ2) is 5.98. The highest BCUT2D eigenvalue weighted by molar-refractivity contribution is 7.09. The topological polar surface area (TPSA) is 56.0 Å². The van der Waals surface area contributed by atoms with Gasteiger partial charge in [0.05, 0.1) is 10.7 Å². The lowest BCUT2D eigenvalue weighted by atomic mass is 9.97. The van der Waals surface area contributed by atoms with Crippen LogP contribution in [0.5, 0.6) is 0 Å². The van der Waals surface area contributed by atoms with Crippen LogP contribution in [0.25, 0.3) is 0 Å². The molecule has 1 heterocycles. The average molecular weight is 226 g/mol.